The van der Waals surface area contributed by atoms with Gasteiger partial charge in [-0.2, -0.15) is 0 Å². The molecule has 0 fully saturated rings. The molecule has 1 atom stereocenters. The average Bonchev–Trinajstić information content (AvgIpc) is 2.92. The number of carbonyl (C=O) groups is 1. The first kappa shape index (κ1) is 15.3. The first-order chi connectivity index (χ1) is 11.0. The molecule has 0 aliphatic heterocycles. The number of halogens is 1. The van der Waals surface area contributed by atoms with Gasteiger partial charge in [0.2, 0.25) is 0 Å². The maximum Gasteiger partial charge on any atom is 0.326 e. The zero-order chi connectivity index (χ0) is 16.4. The zero-order valence-electron chi connectivity index (χ0n) is 12.9. The molecule has 1 heterocycles. The third-order valence-corrected chi connectivity index (χ3v) is 4.13. The number of rotatable bonds is 5. The molecule has 0 spiro atoms. The smallest absolute Gasteiger partial charge is 0.326 e. The van der Waals surface area contributed by atoms with Crippen LogP contribution in [0.1, 0.15) is 23.6 Å². The molecule has 3 nitrogen and oxygen atoms in total. The van der Waals surface area contributed by atoms with Crippen molar-refractivity contribution in [2.24, 2.45) is 0 Å². The van der Waals surface area contributed by atoms with Gasteiger partial charge < -0.3 is 9.67 Å². The quantitative estimate of drug-likeness (QED) is 0.761. The fraction of sp³-hybridized carbons (Fsp3) is 0.211. The second kappa shape index (κ2) is 6.24. The lowest BCUT2D eigenvalue weighted by Crippen LogP contribution is -2.19. The molecule has 0 aliphatic carbocycles. The van der Waals surface area contributed by atoms with Crippen LogP contribution in [0.3, 0.4) is 0 Å². The Hall–Kier alpha value is -2.62. The molecule has 23 heavy (non-hydrogen) atoms. The predicted molar refractivity (Wildman–Crippen MR) is 88.1 cm³/mol. The lowest BCUT2D eigenvalue weighted by molar-refractivity contribution is -0.141. The van der Waals surface area contributed by atoms with Crippen molar-refractivity contribution in [2.75, 3.05) is 0 Å². The molecule has 3 rings (SSSR count). The summed E-state index contributed by atoms with van der Waals surface area (Å²) in [6.07, 6.45) is 2.88. The Morgan fingerprint density at radius 3 is 2.61 bits per heavy atom. The van der Waals surface area contributed by atoms with Crippen molar-refractivity contribution in [3.05, 3.63) is 71.7 Å². The highest BCUT2D eigenvalue weighted by Crippen LogP contribution is 2.24. The van der Waals surface area contributed by atoms with Crippen LogP contribution >= 0.6 is 0 Å². The number of aromatic nitrogens is 1. The fourth-order valence-corrected chi connectivity index (χ4v) is 2.85. The summed E-state index contributed by atoms with van der Waals surface area (Å²) in [7, 11) is 0. The molecule has 0 radical (unpaired) electrons. The minimum Gasteiger partial charge on any atom is -0.480 e. The second-order valence-corrected chi connectivity index (χ2v) is 5.80. The van der Waals surface area contributed by atoms with Gasteiger partial charge in [0, 0.05) is 17.1 Å². The van der Waals surface area contributed by atoms with Crippen molar-refractivity contribution < 1.29 is 14.3 Å². The van der Waals surface area contributed by atoms with Crippen molar-refractivity contribution in [1.29, 1.82) is 0 Å². The summed E-state index contributed by atoms with van der Waals surface area (Å²) >= 11 is 0. The van der Waals surface area contributed by atoms with Gasteiger partial charge in [-0.15, -0.1) is 0 Å². The summed E-state index contributed by atoms with van der Waals surface area (Å²) in [6.45, 7) is 2.02. The minimum atomic E-state index is -0.876. The van der Waals surface area contributed by atoms with E-state index < -0.39 is 12.0 Å². The summed E-state index contributed by atoms with van der Waals surface area (Å²) < 4.78 is 15.0. The zero-order valence-corrected chi connectivity index (χ0v) is 12.9. The van der Waals surface area contributed by atoms with Gasteiger partial charge in [0.25, 0.3) is 0 Å². The molecule has 0 saturated heterocycles. The highest BCUT2D eigenvalue weighted by atomic mass is 19.1. The second-order valence-electron chi connectivity index (χ2n) is 5.80. The van der Waals surface area contributed by atoms with Crippen molar-refractivity contribution in [1.82, 2.24) is 4.57 Å². The van der Waals surface area contributed by atoms with Gasteiger partial charge >= 0.3 is 5.97 Å². The maximum absolute atomic E-state index is 13.3. The van der Waals surface area contributed by atoms with Crippen LogP contribution in [0.2, 0.25) is 0 Å². The van der Waals surface area contributed by atoms with Crippen molar-refractivity contribution in [3.8, 4) is 0 Å². The number of carboxylic acid groups (broad SMARTS) is 1. The van der Waals surface area contributed by atoms with E-state index in [2.05, 4.69) is 0 Å². The van der Waals surface area contributed by atoms with E-state index in [9.17, 15) is 14.3 Å². The van der Waals surface area contributed by atoms with Crippen LogP contribution in [-0.4, -0.2) is 15.6 Å². The van der Waals surface area contributed by atoms with E-state index in [4.69, 9.17) is 0 Å². The predicted octanol–water partition coefficient (Wildman–Crippen LogP) is 4.35. The number of fused-ring (bicyclic) bond motifs is 1. The van der Waals surface area contributed by atoms with Crippen LogP contribution in [-0.2, 0) is 11.2 Å². The highest BCUT2D eigenvalue weighted by Gasteiger charge is 2.20. The van der Waals surface area contributed by atoms with Gasteiger partial charge in [-0.3, -0.25) is 0 Å². The number of aryl methyl sites for hydroxylation is 2. The molecule has 3 aromatic rings. The molecule has 1 aromatic heterocycles. The standard InChI is InChI=1S/C19H18FNO2/c1-13-2-4-14(5-3-13)6-8-18(19(22)23)21-11-10-15-12-16(20)7-9-17(15)21/h2-5,7,9-12,18H,6,8H2,1H3,(H,22,23). The average molecular weight is 311 g/mol. The van der Waals surface area contributed by atoms with Crippen molar-refractivity contribution in [2.45, 2.75) is 25.8 Å². The molecule has 4 heteroatoms. The van der Waals surface area contributed by atoms with E-state index in [0.29, 0.717) is 18.2 Å². The molecule has 118 valence electrons. The maximum atomic E-state index is 13.3. The first-order valence-electron chi connectivity index (χ1n) is 7.59. The van der Waals surface area contributed by atoms with Crippen molar-refractivity contribution in [3.63, 3.8) is 0 Å². The molecule has 1 unspecified atom stereocenters. The van der Waals surface area contributed by atoms with Crippen molar-refractivity contribution >= 4 is 16.9 Å². The summed E-state index contributed by atoms with van der Waals surface area (Å²) in [5.41, 5.74) is 3.04. The van der Waals surface area contributed by atoms with Crippen LogP contribution in [0, 0.1) is 12.7 Å². The largest absolute Gasteiger partial charge is 0.480 e. The van der Waals surface area contributed by atoms with Gasteiger partial charge in [-0.05, 0) is 49.6 Å². The van der Waals surface area contributed by atoms with Gasteiger partial charge in [0.05, 0.1) is 0 Å². The molecule has 0 amide bonds. The summed E-state index contributed by atoms with van der Waals surface area (Å²) in [5, 5.41) is 10.3. The lowest BCUT2D eigenvalue weighted by atomic mass is 10.0. The first-order valence-corrected chi connectivity index (χ1v) is 7.59. The fourth-order valence-electron chi connectivity index (χ4n) is 2.85. The Kier molecular flexibility index (Phi) is 4.15. The number of hydrogen-bond donors (Lipinski definition) is 1. The van der Waals surface area contributed by atoms with E-state index in [1.165, 1.54) is 17.7 Å². The molecule has 1 N–H and O–H groups in total. The van der Waals surface area contributed by atoms with Crippen LogP contribution in [0.5, 0.6) is 0 Å². The van der Waals surface area contributed by atoms with Crippen LogP contribution < -0.4 is 0 Å². The molecule has 0 saturated carbocycles. The number of aliphatic carboxylic acids is 1. The molecular weight excluding hydrogens is 293 g/mol. The van der Waals surface area contributed by atoms with Crippen LogP contribution in [0.15, 0.2) is 54.7 Å². The molecule has 2 aromatic carbocycles. The summed E-state index contributed by atoms with van der Waals surface area (Å²) in [4.78, 5) is 11.7. The van der Waals surface area contributed by atoms with Gasteiger partial charge in [-0.1, -0.05) is 29.8 Å². The van der Waals surface area contributed by atoms with Gasteiger partial charge in [0.1, 0.15) is 11.9 Å². The van der Waals surface area contributed by atoms with Crippen LogP contribution in [0.4, 0.5) is 4.39 Å². The third kappa shape index (κ3) is 3.26. The highest BCUT2D eigenvalue weighted by molar-refractivity contribution is 5.83. The number of nitrogens with zero attached hydrogens (tertiary/aromatic N) is 1. The Morgan fingerprint density at radius 1 is 1.17 bits per heavy atom. The molecule has 0 aliphatic rings. The van der Waals surface area contributed by atoms with E-state index in [1.807, 2.05) is 31.2 Å². The number of benzene rings is 2. The van der Waals surface area contributed by atoms with E-state index in [1.54, 1.807) is 22.9 Å². The van der Waals surface area contributed by atoms with E-state index in [0.717, 1.165) is 11.1 Å². The Morgan fingerprint density at radius 2 is 1.91 bits per heavy atom. The topological polar surface area (TPSA) is 42.2 Å². The minimum absolute atomic E-state index is 0.318. The van der Waals surface area contributed by atoms with E-state index in [-0.39, 0.29) is 5.82 Å². The van der Waals surface area contributed by atoms with Gasteiger partial charge in [-0.25, -0.2) is 9.18 Å². The third-order valence-electron chi connectivity index (χ3n) is 4.13. The Bertz CT molecular complexity index is 836. The summed E-state index contributed by atoms with van der Waals surface area (Å²) in [6, 6.07) is 13.6. The van der Waals surface area contributed by atoms with Crippen LogP contribution in [0.25, 0.3) is 10.9 Å². The lowest BCUT2D eigenvalue weighted by Gasteiger charge is -2.16. The SMILES string of the molecule is Cc1ccc(CCC(C(=O)O)n2ccc3cc(F)ccc32)cc1. The summed E-state index contributed by atoms with van der Waals surface area (Å²) in [5.74, 6) is -1.19. The monoisotopic (exact) mass is 311 g/mol. The van der Waals surface area contributed by atoms with Gasteiger partial charge in [0.15, 0.2) is 0 Å². The molecule has 0 bridgehead atoms. The number of hydrogen-bond acceptors (Lipinski definition) is 1. The Labute approximate surface area is 134 Å². The number of carboxylic acids is 1. The van der Waals surface area contributed by atoms with E-state index >= 15 is 0 Å². The normalized spacial score (nSPS) is 12.4. The molecular formula is C19H18FNO2. The Balaban J connectivity index is 1.85.